The Bertz CT molecular complexity index is 360. The molecule has 16 heavy (non-hydrogen) atoms. The number of benzene rings is 1. The van der Waals surface area contributed by atoms with E-state index in [-0.39, 0.29) is 6.61 Å². The van der Waals surface area contributed by atoms with Crippen LogP contribution in [0.15, 0.2) is 24.3 Å². The van der Waals surface area contributed by atoms with E-state index in [2.05, 4.69) is 18.8 Å². The smallest absolute Gasteiger partial charge is 0.0728 e. The van der Waals surface area contributed by atoms with E-state index in [1.54, 1.807) is 0 Å². The van der Waals surface area contributed by atoms with Gasteiger partial charge < -0.3 is 9.84 Å². The molecule has 0 bridgehead atoms. The molecule has 2 nitrogen and oxygen atoms in total. The Balaban J connectivity index is 2.65. The molecule has 0 saturated heterocycles. The number of aliphatic hydroxyl groups is 1. The Morgan fingerprint density at radius 2 is 2.12 bits per heavy atom. The largest absolute Gasteiger partial charge is 0.395 e. The van der Waals surface area contributed by atoms with Gasteiger partial charge in [-0.25, -0.2) is 0 Å². The Hall–Kier alpha value is -1.30. The van der Waals surface area contributed by atoms with Gasteiger partial charge in [-0.05, 0) is 18.1 Å². The summed E-state index contributed by atoms with van der Waals surface area (Å²) in [6.45, 7) is 3.59. The van der Waals surface area contributed by atoms with Crippen molar-refractivity contribution in [2.75, 3.05) is 13.2 Å². The van der Waals surface area contributed by atoms with Gasteiger partial charge in [0.15, 0.2) is 0 Å². The average Bonchev–Trinajstić information content (AvgIpc) is 2.32. The molecular weight excluding hydrogens is 200 g/mol. The summed E-state index contributed by atoms with van der Waals surface area (Å²) < 4.78 is 5.50. The van der Waals surface area contributed by atoms with Gasteiger partial charge in [0, 0.05) is 18.6 Å². The molecule has 0 spiro atoms. The lowest BCUT2D eigenvalue weighted by Gasteiger charge is -2.04. The summed E-state index contributed by atoms with van der Waals surface area (Å²) >= 11 is 0. The number of hydrogen-bond donors (Lipinski definition) is 1. The van der Waals surface area contributed by atoms with Gasteiger partial charge in [-0.2, -0.15) is 0 Å². The Labute approximate surface area is 97.3 Å². The summed E-state index contributed by atoms with van der Waals surface area (Å²) in [4.78, 5) is 0. The third-order valence-corrected chi connectivity index (χ3v) is 2.08. The highest BCUT2D eigenvalue weighted by Gasteiger charge is 1.98. The van der Waals surface area contributed by atoms with Crippen LogP contribution in [0.2, 0.25) is 0 Å². The van der Waals surface area contributed by atoms with Crippen LogP contribution in [0, 0.1) is 11.8 Å². The molecule has 1 aromatic rings. The van der Waals surface area contributed by atoms with E-state index in [0.29, 0.717) is 13.0 Å². The van der Waals surface area contributed by atoms with E-state index in [0.717, 1.165) is 24.2 Å². The highest BCUT2D eigenvalue weighted by molar-refractivity contribution is 5.40. The van der Waals surface area contributed by atoms with Crippen LogP contribution in [-0.2, 0) is 11.3 Å². The van der Waals surface area contributed by atoms with Crippen molar-refractivity contribution in [3.63, 3.8) is 0 Å². The van der Waals surface area contributed by atoms with E-state index < -0.39 is 0 Å². The molecule has 1 aromatic carbocycles. The zero-order valence-corrected chi connectivity index (χ0v) is 9.70. The fourth-order valence-electron chi connectivity index (χ4n) is 1.31. The topological polar surface area (TPSA) is 29.5 Å². The lowest BCUT2D eigenvalue weighted by molar-refractivity contribution is 0.121. The Morgan fingerprint density at radius 3 is 2.88 bits per heavy atom. The van der Waals surface area contributed by atoms with Gasteiger partial charge in [0.1, 0.15) is 0 Å². The molecule has 0 radical (unpaired) electrons. The van der Waals surface area contributed by atoms with Crippen molar-refractivity contribution in [3.05, 3.63) is 35.4 Å². The van der Waals surface area contributed by atoms with Gasteiger partial charge in [-0.3, -0.25) is 0 Å². The minimum Gasteiger partial charge on any atom is -0.395 e. The van der Waals surface area contributed by atoms with Crippen LogP contribution in [0.1, 0.15) is 30.9 Å². The highest BCUT2D eigenvalue weighted by atomic mass is 16.5. The number of rotatable bonds is 5. The van der Waals surface area contributed by atoms with Crippen molar-refractivity contribution in [2.45, 2.75) is 26.4 Å². The van der Waals surface area contributed by atoms with Crippen LogP contribution in [0.4, 0.5) is 0 Å². The van der Waals surface area contributed by atoms with Crippen molar-refractivity contribution < 1.29 is 9.84 Å². The minimum absolute atomic E-state index is 0.113. The fraction of sp³-hybridized carbons (Fsp3) is 0.429. The third kappa shape index (κ3) is 4.48. The molecule has 0 unspecified atom stereocenters. The first-order valence-corrected chi connectivity index (χ1v) is 5.64. The first-order valence-electron chi connectivity index (χ1n) is 5.64. The zero-order chi connectivity index (χ0) is 11.6. The van der Waals surface area contributed by atoms with Crippen LogP contribution in [-0.4, -0.2) is 18.3 Å². The van der Waals surface area contributed by atoms with Crippen molar-refractivity contribution in [1.29, 1.82) is 0 Å². The number of hydrogen-bond acceptors (Lipinski definition) is 2. The summed E-state index contributed by atoms with van der Waals surface area (Å²) in [6.07, 6.45) is 1.54. The number of aliphatic hydroxyl groups excluding tert-OH is 1. The van der Waals surface area contributed by atoms with Crippen molar-refractivity contribution in [3.8, 4) is 11.8 Å². The molecule has 0 aliphatic carbocycles. The van der Waals surface area contributed by atoms with Gasteiger partial charge in [0.2, 0.25) is 0 Å². The van der Waals surface area contributed by atoms with Crippen LogP contribution < -0.4 is 0 Å². The van der Waals surface area contributed by atoms with Crippen LogP contribution in [0.25, 0.3) is 0 Å². The monoisotopic (exact) mass is 218 g/mol. The van der Waals surface area contributed by atoms with E-state index in [1.165, 1.54) is 0 Å². The maximum Gasteiger partial charge on any atom is 0.0728 e. The van der Waals surface area contributed by atoms with E-state index in [9.17, 15) is 0 Å². The summed E-state index contributed by atoms with van der Waals surface area (Å²) in [6, 6.07) is 7.96. The molecule has 1 N–H and O–H groups in total. The molecule has 0 aromatic heterocycles. The molecule has 2 heteroatoms. The Morgan fingerprint density at radius 1 is 1.31 bits per heavy atom. The summed E-state index contributed by atoms with van der Waals surface area (Å²) in [5.41, 5.74) is 2.11. The molecule has 86 valence electrons. The molecule has 0 atom stereocenters. The second kappa shape index (κ2) is 7.92. The third-order valence-electron chi connectivity index (χ3n) is 2.08. The predicted molar refractivity (Wildman–Crippen MR) is 65.0 cm³/mol. The average molecular weight is 218 g/mol. The molecule has 0 amide bonds. The van der Waals surface area contributed by atoms with E-state index >= 15 is 0 Å². The van der Waals surface area contributed by atoms with Gasteiger partial charge in [-0.15, -0.1) is 0 Å². The first-order chi connectivity index (χ1) is 7.88. The van der Waals surface area contributed by atoms with Crippen LogP contribution >= 0.6 is 0 Å². The molecule has 0 saturated carbocycles. The van der Waals surface area contributed by atoms with Crippen molar-refractivity contribution in [2.24, 2.45) is 0 Å². The highest BCUT2D eigenvalue weighted by Crippen LogP contribution is 2.08. The maximum absolute atomic E-state index is 8.66. The molecule has 0 aliphatic heterocycles. The predicted octanol–water partition coefficient (Wildman–Crippen LogP) is 2.35. The first kappa shape index (κ1) is 12.8. The van der Waals surface area contributed by atoms with Gasteiger partial charge in [-0.1, -0.05) is 37.0 Å². The SMILES string of the molecule is CCCOCc1ccccc1C#CCCO. The second-order valence-electron chi connectivity index (χ2n) is 3.49. The molecule has 0 fully saturated rings. The summed E-state index contributed by atoms with van der Waals surface area (Å²) in [7, 11) is 0. The zero-order valence-electron chi connectivity index (χ0n) is 9.70. The minimum atomic E-state index is 0.113. The van der Waals surface area contributed by atoms with Crippen molar-refractivity contribution >= 4 is 0 Å². The van der Waals surface area contributed by atoms with E-state index in [1.807, 2.05) is 24.3 Å². The molecule has 1 rings (SSSR count). The van der Waals surface area contributed by atoms with Crippen LogP contribution in [0.3, 0.4) is 0 Å². The van der Waals surface area contributed by atoms with E-state index in [4.69, 9.17) is 9.84 Å². The van der Waals surface area contributed by atoms with Gasteiger partial charge in [0.05, 0.1) is 13.2 Å². The quantitative estimate of drug-likeness (QED) is 0.607. The second-order valence-corrected chi connectivity index (χ2v) is 3.49. The summed E-state index contributed by atoms with van der Waals surface area (Å²) in [5.74, 6) is 5.98. The lowest BCUT2D eigenvalue weighted by atomic mass is 10.1. The molecule has 0 aliphatic rings. The normalized spacial score (nSPS) is 9.62. The van der Waals surface area contributed by atoms with Gasteiger partial charge >= 0.3 is 0 Å². The number of ether oxygens (including phenoxy) is 1. The molecule has 0 heterocycles. The van der Waals surface area contributed by atoms with Crippen LogP contribution in [0.5, 0.6) is 0 Å². The standard InChI is InChI=1S/C14H18O2/c1-2-11-16-12-14-9-4-3-7-13(14)8-5-6-10-15/h3-4,7,9,15H,2,6,10-12H2,1H3. The Kier molecular flexibility index (Phi) is 6.32. The van der Waals surface area contributed by atoms with Gasteiger partial charge in [0.25, 0.3) is 0 Å². The van der Waals surface area contributed by atoms with Crippen molar-refractivity contribution in [1.82, 2.24) is 0 Å². The fourth-order valence-corrected chi connectivity index (χ4v) is 1.31. The maximum atomic E-state index is 8.66. The lowest BCUT2D eigenvalue weighted by Crippen LogP contribution is -1.96. The molecular formula is C14H18O2. The summed E-state index contributed by atoms with van der Waals surface area (Å²) in [5, 5.41) is 8.66.